The van der Waals surface area contributed by atoms with Crippen molar-refractivity contribution in [1.82, 2.24) is 14.4 Å². The largest absolute Gasteiger partial charge is 0.465 e. The molecule has 2 N–H and O–H groups in total. The second kappa shape index (κ2) is 11.7. The Morgan fingerprint density at radius 3 is 2.46 bits per heavy atom. The zero-order valence-corrected chi connectivity index (χ0v) is 21.2. The summed E-state index contributed by atoms with van der Waals surface area (Å²) >= 11 is 0. The Morgan fingerprint density at radius 1 is 1.00 bits per heavy atom. The Labute approximate surface area is 206 Å². The van der Waals surface area contributed by atoms with E-state index in [-0.39, 0.29) is 29.4 Å². The molecule has 0 radical (unpaired) electrons. The zero-order chi connectivity index (χ0) is 25.5. The van der Waals surface area contributed by atoms with Gasteiger partial charge in [0, 0.05) is 29.7 Å². The summed E-state index contributed by atoms with van der Waals surface area (Å²) in [6, 6.07) is 11.8. The molecule has 1 heterocycles. The van der Waals surface area contributed by atoms with Crippen molar-refractivity contribution >= 4 is 36.8 Å². The third-order valence-corrected chi connectivity index (χ3v) is 8.35. The Morgan fingerprint density at radius 2 is 1.74 bits per heavy atom. The molecule has 0 saturated heterocycles. The number of esters is 1. The molecule has 0 aliphatic carbocycles. The summed E-state index contributed by atoms with van der Waals surface area (Å²) in [5.41, 5.74) is 0.955. The van der Waals surface area contributed by atoms with E-state index in [0.29, 0.717) is 23.6 Å². The molecule has 0 saturated carbocycles. The van der Waals surface area contributed by atoms with Crippen molar-refractivity contribution in [2.45, 2.75) is 48.9 Å². The zero-order valence-electron chi connectivity index (χ0n) is 19.6. The normalized spacial score (nSPS) is 13.0. The van der Waals surface area contributed by atoms with Crippen molar-refractivity contribution in [2.24, 2.45) is 0 Å². The van der Waals surface area contributed by atoms with Crippen LogP contribution in [-0.4, -0.2) is 47.0 Å². The first-order chi connectivity index (χ1) is 16.6. The summed E-state index contributed by atoms with van der Waals surface area (Å²) in [6.07, 6.45) is 4.01. The van der Waals surface area contributed by atoms with Gasteiger partial charge in [-0.1, -0.05) is 29.8 Å². The van der Waals surface area contributed by atoms with Gasteiger partial charge in [0.05, 0.1) is 16.4 Å². The van der Waals surface area contributed by atoms with Crippen LogP contribution in [-0.2, 0) is 29.6 Å². The average Bonchev–Trinajstić information content (AvgIpc) is 2.83. The number of ether oxygens (including phenoxy) is 1. The number of rotatable bonds is 12. The fraction of sp³-hybridized carbons (Fsp3) is 0.333. The predicted octanol–water partition coefficient (Wildman–Crippen LogP) is 2.90. The predicted molar refractivity (Wildman–Crippen MR) is 133 cm³/mol. The lowest BCUT2D eigenvalue weighted by molar-refractivity contribution is -0.145. The third kappa shape index (κ3) is 7.07. The van der Waals surface area contributed by atoms with Crippen molar-refractivity contribution in [3.8, 4) is 0 Å². The van der Waals surface area contributed by atoms with Gasteiger partial charge < -0.3 is 4.74 Å². The van der Waals surface area contributed by atoms with Crippen molar-refractivity contribution in [3.05, 3.63) is 66.5 Å². The van der Waals surface area contributed by atoms with Gasteiger partial charge in [-0.25, -0.2) is 21.6 Å². The molecule has 35 heavy (non-hydrogen) atoms. The molecule has 3 rings (SSSR count). The monoisotopic (exact) mass is 519 g/mol. The van der Waals surface area contributed by atoms with Gasteiger partial charge in [0.15, 0.2) is 0 Å². The van der Waals surface area contributed by atoms with Crippen molar-refractivity contribution in [1.29, 1.82) is 0 Å². The number of unbranched alkanes of at least 4 members (excludes halogenated alkanes) is 1. The summed E-state index contributed by atoms with van der Waals surface area (Å²) in [4.78, 5) is 16.7. The first kappa shape index (κ1) is 26.7. The number of nitrogens with one attached hydrogen (secondary N) is 2. The Kier molecular flexibility index (Phi) is 8.95. The van der Waals surface area contributed by atoms with Crippen LogP contribution < -0.4 is 9.44 Å². The standard InChI is InChI=1S/C24H29N3O6S2/c1-3-33-24(28)22(8-4-5-15-26-34(29,30)20-12-10-18(2)11-13-20)27-35(31,32)23-9-6-7-19-17-25-16-14-21(19)23/h6-7,9-14,16-17,22,26-27H,3-5,8,15H2,1-2H3/t22-/m0/s1. The van der Waals surface area contributed by atoms with Crippen LogP contribution in [0.1, 0.15) is 31.7 Å². The third-order valence-electron chi connectivity index (χ3n) is 5.34. The van der Waals surface area contributed by atoms with Crippen LogP contribution >= 0.6 is 0 Å². The highest BCUT2D eigenvalue weighted by Crippen LogP contribution is 2.22. The maximum absolute atomic E-state index is 13.1. The minimum absolute atomic E-state index is 0.0394. The highest BCUT2D eigenvalue weighted by Gasteiger charge is 2.27. The molecule has 0 bridgehead atoms. The Hall–Kier alpha value is -2.86. The molecule has 0 spiro atoms. The first-order valence-corrected chi connectivity index (χ1v) is 14.2. The second-order valence-corrected chi connectivity index (χ2v) is 11.4. The highest BCUT2D eigenvalue weighted by molar-refractivity contribution is 7.90. The molecule has 0 aliphatic heterocycles. The quantitative estimate of drug-likeness (QED) is 0.278. The first-order valence-electron chi connectivity index (χ1n) is 11.2. The Balaban J connectivity index is 1.64. The van der Waals surface area contributed by atoms with E-state index < -0.39 is 32.1 Å². The second-order valence-electron chi connectivity index (χ2n) is 7.99. The maximum atomic E-state index is 13.1. The van der Waals surface area contributed by atoms with Crippen molar-refractivity contribution in [3.63, 3.8) is 0 Å². The van der Waals surface area contributed by atoms with Crippen LogP contribution in [0.15, 0.2) is 70.7 Å². The van der Waals surface area contributed by atoms with Crippen molar-refractivity contribution < 1.29 is 26.4 Å². The summed E-state index contributed by atoms with van der Waals surface area (Å²) in [5, 5.41) is 1.15. The van der Waals surface area contributed by atoms with Gasteiger partial charge in [-0.15, -0.1) is 0 Å². The van der Waals surface area contributed by atoms with Gasteiger partial charge in [-0.05, 0) is 57.4 Å². The van der Waals surface area contributed by atoms with Crippen molar-refractivity contribution in [2.75, 3.05) is 13.2 Å². The number of aryl methyl sites for hydroxylation is 1. The van der Waals surface area contributed by atoms with Gasteiger partial charge in [-0.3, -0.25) is 9.78 Å². The molecule has 1 atom stereocenters. The van der Waals surface area contributed by atoms with Gasteiger partial charge in [0.2, 0.25) is 20.0 Å². The molecule has 188 valence electrons. The van der Waals surface area contributed by atoms with E-state index in [1.165, 1.54) is 24.4 Å². The van der Waals surface area contributed by atoms with E-state index in [0.717, 1.165) is 5.56 Å². The van der Waals surface area contributed by atoms with E-state index in [9.17, 15) is 21.6 Å². The number of nitrogens with zero attached hydrogens (tertiary/aromatic N) is 1. The fourth-order valence-corrected chi connectivity index (χ4v) is 6.05. The van der Waals surface area contributed by atoms with E-state index in [1.807, 2.05) is 6.92 Å². The van der Waals surface area contributed by atoms with E-state index in [1.54, 1.807) is 43.5 Å². The van der Waals surface area contributed by atoms with E-state index in [4.69, 9.17) is 4.74 Å². The lowest BCUT2D eigenvalue weighted by Crippen LogP contribution is -2.42. The molecule has 0 aliphatic rings. The molecule has 2 aromatic carbocycles. The minimum Gasteiger partial charge on any atom is -0.465 e. The number of aromatic nitrogens is 1. The molecule has 11 heteroatoms. The molecule has 1 aromatic heterocycles. The number of sulfonamides is 2. The maximum Gasteiger partial charge on any atom is 0.324 e. The topological polar surface area (TPSA) is 132 Å². The Bertz CT molecular complexity index is 1370. The smallest absolute Gasteiger partial charge is 0.324 e. The van der Waals surface area contributed by atoms with Gasteiger partial charge >= 0.3 is 5.97 Å². The van der Waals surface area contributed by atoms with E-state index in [2.05, 4.69) is 14.4 Å². The number of benzene rings is 2. The number of hydrogen-bond donors (Lipinski definition) is 2. The average molecular weight is 520 g/mol. The summed E-state index contributed by atoms with van der Waals surface area (Å²) < 4.78 is 61.1. The molecular weight excluding hydrogens is 490 g/mol. The molecule has 9 nitrogen and oxygen atoms in total. The molecule has 0 amide bonds. The summed E-state index contributed by atoms with van der Waals surface area (Å²) in [7, 11) is -7.69. The van der Waals surface area contributed by atoms with Crippen LogP contribution in [0.3, 0.4) is 0 Å². The molecular formula is C24H29N3O6S2. The van der Waals surface area contributed by atoms with Gasteiger partial charge in [0.1, 0.15) is 6.04 Å². The van der Waals surface area contributed by atoms with Crippen LogP contribution in [0.5, 0.6) is 0 Å². The number of pyridine rings is 1. The molecule has 3 aromatic rings. The van der Waals surface area contributed by atoms with Crippen LogP contribution in [0, 0.1) is 6.92 Å². The number of carbonyl (C=O) groups excluding carboxylic acids is 1. The number of hydrogen-bond acceptors (Lipinski definition) is 7. The minimum atomic E-state index is -4.05. The lowest BCUT2D eigenvalue weighted by Gasteiger charge is -2.18. The van der Waals surface area contributed by atoms with Crippen LogP contribution in [0.4, 0.5) is 0 Å². The van der Waals surface area contributed by atoms with Gasteiger partial charge in [0.25, 0.3) is 0 Å². The SMILES string of the molecule is CCOC(=O)[C@H](CCCCNS(=O)(=O)c1ccc(C)cc1)NS(=O)(=O)c1cccc2cnccc12. The fourth-order valence-electron chi connectivity index (χ4n) is 3.53. The summed E-state index contributed by atoms with van der Waals surface area (Å²) in [5.74, 6) is -0.682. The molecule has 0 fully saturated rings. The van der Waals surface area contributed by atoms with Crippen LogP contribution in [0.2, 0.25) is 0 Å². The lowest BCUT2D eigenvalue weighted by atomic mass is 10.1. The summed E-state index contributed by atoms with van der Waals surface area (Å²) in [6.45, 7) is 3.76. The highest BCUT2D eigenvalue weighted by atomic mass is 32.2. The number of carbonyl (C=O) groups is 1. The number of fused-ring (bicyclic) bond motifs is 1. The van der Waals surface area contributed by atoms with E-state index >= 15 is 0 Å². The van der Waals surface area contributed by atoms with Gasteiger partial charge in [-0.2, -0.15) is 4.72 Å². The van der Waals surface area contributed by atoms with Crippen LogP contribution in [0.25, 0.3) is 10.8 Å². The molecule has 0 unspecified atom stereocenters.